The van der Waals surface area contributed by atoms with Crippen LogP contribution in [0.5, 0.6) is 0 Å². The molecule has 5 rings (SSSR count). The number of fused-ring (bicyclic) bond motifs is 1. The maximum atomic E-state index is 4.81. The quantitative estimate of drug-likeness (QED) is 0.674. The first-order valence-corrected chi connectivity index (χ1v) is 10.4. The van der Waals surface area contributed by atoms with Crippen LogP contribution in [-0.4, -0.2) is 41.1 Å². The first-order valence-electron chi connectivity index (χ1n) is 10.4. The first kappa shape index (κ1) is 18.7. The number of anilines is 2. The van der Waals surface area contributed by atoms with Gasteiger partial charge in [0.15, 0.2) is 5.82 Å². The number of pyridine rings is 1. The minimum Gasteiger partial charge on any atom is -0.355 e. The van der Waals surface area contributed by atoms with Gasteiger partial charge < -0.3 is 9.80 Å². The zero-order chi connectivity index (χ0) is 19.5. The number of hydrogen-bond donors (Lipinski definition) is 0. The predicted octanol–water partition coefficient (Wildman–Crippen LogP) is 4.50. The van der Waals surface area contributed by atoms with Crippen LogP contribution >= 0.6 is 0 Å². The van der Waals surface area contributed by atoms with E-state index in [2.05, 4.69) is 52.0 Å². The van der Waals surface area contributed by atoms with Crippen molar-refractivity contribution in [3.8, 4) is 0 Å². The fraction of sp³-hybridized carbons (Fsp3) is 0.435. The molecule has 2 fully saturated rings. The third kappa shape index (κ3) is 3.53. The molecule has 0 saturated carbocycles. The monoisotopic (exact) mass is 375 g/mol. The van der Waals surface area contributed by atoms with Gasteiger partial charge in [0.25, 0.3) is 0 Å². The van der Waals surface area contributed by atoms with Crippen molar-refractivity contribution in [1.29, 1.82) is 0 Å². The number of hydrogen-bond acceptors (Lipinski definition) is 5. The number of aromatic nitrogens is 3. The molecule has 1 atom stereocenters. The zero-order valence-corrected chi connectivity index (χ0v) is 17.0. The lowest BCUT2D eigenvalue weighted by molar-refractivity contribution is 0.507. The van der Waals surface area contributed by atoms with E-state index in [1.54, 1.807) is 0 Å². The summed E-state index contributed by atoms with van der Waals surface area (Å²) in [4.78, 5) is 18.9. The summed E-state index contributed by atoms with van der Waals surface area (Å²) in [6.07, 6.45) is 4.90. The van der Waals surface area contributed by atoms with Crippen LogP contribution < -0.4 is 9.80 Å². The smallest absolute Gasteiger partial charge is 0.150 e. The Balaban J connectivity index is 0.000000932. The minimum atomic E-state index is 0.433. The summed E-state index contributed by atoms with van der Waals surface area (Å²) in [5, 5.41) is 1.19. The van der Waals surface area contributed by atoms with Crippen LogP contribution in [0.2, 0.25) is 0 Å². The highest BCUT2D eigenvalue weighted by Crippen LogP contribution is 2.35. The normalized spacial score (nSPS) is 19.3. The largest absolute Gasteiger partial charge is 0.355 e. The third-order valence-corrected chi connectivity index (χ3v) is 5.61. The van der Waals surface area contributed by atoms with Gasteiger partial charge in [0.1, 0.15) is 5.82 Å². The second kappa shape index (κ2) is 8.13. The molecule has 0 spiro atoms. The van der Waals surface area contributed by atoms with Gasteiger partial charge in [-0.1, -0.05) is 39.0 Å². The lowest BCUT2D eigenvalue weighted by Gasteiger charge is -2.40. The van der Waals surface area contributed by atoms with Crippen molar-refractivity contribution >= 4 is 22.5 Å². The molecule has 1 aromatic carbocycles. The minimum absolute atomic E-state index is 0.433. The van der Waals surface area contributed by atoms with Crippen LogP contribution in [-0.2, 0) is 0 Å². The third-order valence-electron chi connectivity index (χ3n) is 5.61. The standard InChI is InChI=1S/C21H23N5.C2H6/c1-15-8-11-25(12-15)21-20(22-9-10-23-21)17-13-26(14-17)19-7-6-16-4-2-3-5-18(16)24-19;1-2/h2-7,9-10,15,17H,8,11-14H2,1H3;1-2H3. The second-order valence-corrected chi connectivity index (χ2v) is 7.57. The van der Waals surface area contributed by atoms with Crippen molar-refractivity contribution in [1.82, 2.24) is 15.0 Å². The van der Waals surface area contributed by atoms with Crippen molar-refractivity contribution in [3.63, 3.8) is 0 Å². The molecule has 4 heterocycles. The molecule has 3 aromatic rings. The second-order valence-electron chi connectivity index (χ2n) is 7.57. The van der Waals surface area contributed by atoms with Crippen molar-refractivity contribution in [2.45, 2.75) is 33.1 Å². The van der Waals surface area contributed by atoms with Gasteiger partial charge in [-0.3, -0.25) is 4.98 Å². The lowest BCUT2D eigenvalue weighted by atomic mass is 9.95. The highest BCUT2D eigenvalue weighted by Gasteiger charge is 2.34. The van der Waals surface area contributed by atoms with Gasteiger partial charge in [0.05, 0.1) is 11.2 Å². The fourth-order valence-corrected chi connectivity index (χ4v) is 4.07. The van der Waals surface area contributed by atoms with E-state index in [1.807, 2.05) is 32.3 Å². The van der Waals surface area contributed by atoms with Crippen LogP contribution in [0.25, 0.3) is 10.9 Å². The van der Waals surface area contributed by atoms with Crippen LogP contribution in [0, 0.1) is 5.92 Å². The van der Waals surface area contributed by atoms with Gasteiger partial charge in [-0.05, 0) is 30.5 Å². The van der Waals surface area contributed by atoms with E-state index in [0.717, 1.165) is 54.9 Å². The molecule has 0 amide bonds. The number of benzene rings is 1. The summed E-state index contributed by atoms with van der Waals surface area (Å²) in [6.45, 7) is 10.4. The number of nitrogens with zero attached hydrogens (tertiary/aromatic N) is 5. The summed E-state index contributed by atoms with van der Waals surface area (Å²) >= 11 is 0. The molecule has 28 heavy (non-hydrogen) atoms. The van der Waals surface area contributed by atoms with E-state index < -0.39 is 0 Å². The molecule has 0 aliphatic carbocycles. The molecule has 2 aliphatic heterocycles. The molecular formula is C23H29N5. The Morgan fingerprint density at radius 2 is 1.68 bits per heavy atom. The summed E-state index contributed by atoms with van der Waals surface area (Å²) in [5.41, 5.74) is 2.21. The highest BCUT2D eigenvalue weighted by atomic mass is 15.3. The summed E-state index contributed by atoms with van der Waals surface area (Å²) in [6, 6.07) is 12.6. The Bertz CT molecular complexity index is 935. The zero-order valence-electron chi connectivity index (χ0n) is 17.0. The maximum Gasteiger partial charge on any atom is 0.150 e. The van der Waals surface area contributed by atoms with E-state index in [0.29, 0.717) is 5.92 Å². The summed E-state index contributed by atoms with van der Waals surface area (Å²) in [5.74, 6) is 3.32. The van der Waals surface area contributed by atoms with Crippen LogP contribution in [0.15, 0.2) is 48.8 Å². The molecule has 1 unspecified atom stereocenters. The molecule has 0 radical (unpaired) electrons. The van der Waals surface area contributed by atoms with Gasteiger partial charge in [0.2, 0.25) is 0 Å². The molecule has 0 bridgehead atoms. The number of rotatable bonds is 3. The molecule has 5 heteroatoms. The Hall–Kier alpha value is -2.69. The van der Waals surface area contributed by atoms with Crippen molar-refractivity contribution in [2.24, 2.45) is 5.92 Å². The summed E-state index contributed by atoms with van der Waals surface area (Å²) in [7, 11) is 0. The maximum absolute atomic E-state index is 4.81. The first-order chi connectivity index (χ1) is 13.8. The van der Waals surface area contributed by atoms with Gasteiger partial charge >= 0.3 is 0 Å². The van der Waals surface area contributed by atoms with Crippen LogP contribution in [0.1, 0.15) is 38.8 Å². The molecule has 2 saturated heterocycles. The van der Waals surface area contributed by atoms with Crippen molar-refractivity contribution < 1.29 is 0 Å². The van der Waals surface area contributed by atoms with E-state index in [9.17, 15) is 0 Å². The fourth-order valence-electron chi connectivity index (χ4n) is 4.07. The van der Waals surface area contributed by atoms with E-state index in [4.69, 9.17) is 9.97 Å². The van der Waals surface area contributed by atoms with Crippen molar-refractivity contribution in [3.05, 3.63) is 54.5 Å². The van der Waals surface area contributed by atoms with Gasteiger partial charge in [-0.15, -0.1) is 0 Å². The van der Waals surface area contributed by atoms with Crippen molar-refractivity contribution in [2.75, 3.05) is 36.0 Å². The van der Waals surface area contributed by atoms with Gasteiger partial charge in [-0.25, -0.2) is 9.97 Å². The predicted molar refractivity (Wildman–Crippen MR) is 116 cm³/mol. The van der Waals surface area contributed by atoms with E-state index in [1.165, 1.54) is 11.8 Å². The molecule has 0 N–H and O–H groups in total. The topological polar surface area (TPSA) is 45.2 Å². The Morgan fingerprint density at radius 3 is 2.46 bits per heavy atom. The molecule has 2 aliphatic rings. The number of para-hydroxylation sites is 1. The van der Waals surface area contributed by atoms with Crippen LogP contribution in [0.4, 0.5) is 11.6 Å². The molecule has 5 nitrogen and oxygen atoms in total. The SMILES string of the molecule is CC.CC1CCN(c2nccnc2C2CN(c3ccc4ccccc4n3)C2)C1. The van der Waals surface area contributed by atoms with E-state index >= 15 is 0 Å². The average molecular weight is 376 g/mol. The molecular weight excluding hydrogens is 346 g/mol. The Kier molecular flexibility index (Phi) is 5.42. The average Bonchev–Trinajstić information content (AvgIpc) is 3.15. The van der Waals surface area contributed by atoms with Gasteiger partial charge in [0, 0.05) is 49.9 Å². The summed E-state index contributed by atoms with van der Waals surface area (Å²) < 4.78 is 0. The Labute approximate surface area is 167 Å². The van der Waals surface area contributed by atoms with Crippen LogP contribution in [0.3, 0.4) is 0 Å². The highest BCUT2D eigenvalue weighted by molar-refractivity contribution is 5.80. The van der Waals surface area contributed by atoms with E-state index in [-0.39, 0.29) is 0 Å². The molecule has 146 valence electrons. The van der Waals surface area contributed by atoms with Gasteiger partial charge in [-0.2, -0.15) is 0 Å². The Morgan fingerprint density at radius 1 is 0.893 bits per heavy atom. The lowest BCUT2D eigenvalue weighted by Crippen LogP contribution is -2.46. The molecule has 2 aromatic heterocycles.